The molecular formula is C25H22ClN2OS+. The molecule has 0 spiro atoms. The van der Waals surface area contributed by atoms with Crippen molar-refractivity contribution in [1.82, 2.24) is 0 Å². The van der Waals surface area contributed by atoms with Crippen molar-refractivity contribution < 1.29 is 9.37 Å². The predicted octanol–water partition coefficient (Wildman–Crippen LogP) is 6.57. The van der Waals surface area contributed by atoms with E-state index in [0.717, 1.165) is 26.9 Å². The van der Waals surface area contributed by atoms with Gasteiger partial charge in [-0.15, -0.1) is 0 Å². The van der Waals surface area contributed by atoms with Crippen molar-refractivity contribution in [2.45, 2.75) is 36.0 Å². The summed E-state index contributed by atoms with van der Waals surface area (Å²) in [6.45, 7) is 6.83. The molecule has 2 aliphatic rings. The lowest BCUT2D eigenvalue weighted by Crippen LogP contribution is -2.36. The smallest absolute Gasteiger partial charge is 0.273 e. The fourth-order valence-electron chi connectivity index (χ4n) is 4.36. The van der Waals surface area contributed by atoms with Crippen molar-refractivity contribution in [3.8, 4) is 0 Å². The number of hydrogen-bond acceptors (Lipinski definition) is 2. The molecule has 0 saturated carbocycles. The van der Waals surface area contributed by atoms with Crippen molar-refractivity contribution >= 4 is 52.0 Å². The monoisotopic (exact) mass is 433 g/mol. The van der Waals surface area contributed by atoms with E-state index in [0.29, 0.717) is 5.02 Å². The van der Waals surface area contributed by atoms with Gasteiger partial charge in [0.05, 0.1) is 16.8 Å². The molecule has 5 rings (SSSR count). The van der Waals surface area contributed by atoms with E-state index in [4.69, 9.17) is 11.6 Å². The number of fused-ring (bicyclic) bond motifs is 3. The first-order chi connectivity index (χ1) is 14.4. The Labute approximate surface area is 186 Å². The van der Waals surface area contributed by atoms with Crippen LogP contribution in [0.25, 0.3) is 0 Å². The van der Waals surface area contributed by atoms with E-state index in [9.17, 15) is 4.79 Å². The van der Waals surface area contributed by atoms with Crippen LogP contribution >= 0.6 is 23.4 Å². The summed E-state index contributed by atoms with van der Waals surface area (Å²) in [7, 11) is 0. The Balaban J connectivity index is 1.60. The van der Waals surface area contributed by atoms with E-state index >= 15 is 0 Å². The molecule has 0 unspecified atom stereocenters. The number of rotatable bonds is 2. The number of halogens is 1. The predicted molar refractivity (Wildman–Crippen MR) is 124 cm³/mol. The van der Waals surface area contributed by atoms with Gasteiger partial charge in [-0.25, -0.2) is 0 Å². The number of benzene rings is 3. The SMILES string of the molecule is CC1=[N+](CC(=O)N2c3ccccc3Sc3ccc(Cl)cc32)c2ccccc2C1(C)C. The highest BCUT2D eigenvalue weighted by Gasteiger charge is 2.44. The lowest BCUT2D eigenvalue weighted by Gasteiger charge is -2.30. The third-order valence-electron chi connectivity index (χ3n) is 6.21. The molecule has 0 saturated heterocycles. The van der Waals surface area contributed by atoms with Crippen molar-refractivity contribution in [3.63, 3.8) is 0 Å². The Kier molecular flexibility index (Phi) is 4.53. The van der Waals surface area contributed by atoms with Gasteiger partial charge >= 0.3 is 0 Å². The Bertz CT molecular complexity index is 1230. The van der Waals surface area contributed by atoms with Crippen LogP contribution in [0.3, 0.4) is 0 Å². The number of hydrogen-bond donors (Lipinski definition) is 0. The average Bonchev–Trinajstić information content (AvgIpc) is 2.93. The molecule has 3 aromatic rings. The van der Waals surface area contributed by atoms with Crippen LogP contribution in [-0.4, -0.2) is 22.7 Å². The quantitative estimate of drug-likeness (QED) is 0.427. The number of para-hydroxylation sites is 2. The largest absolute Gasteiger partial charge is 0.297 e. The molecule has 2 heterocycles. The van der Waals surface area contributed by atoms with Crippen LogP contribution in [0.2, 0.25) is 5.02 Å². The molecule has 150 valence electrons. The van der Waals surface area contributed by atoms with Crippen LogP contribution < -0.4 is 4.90 Å². The summed E-state index contributed by atoms with van der Waals surface area (Å²) >= 11 is 7.98. The first-order valence-electron chi connectivity index (χ1n) is 9.98. The standard InChI is InChI=1S/C25H22ClN2OS/c1-16-25(2,3)18-8-4-5-9-19(18)27(16)15-24(29)28-20-10-6-7-11-22(20)30-23-13-12-17(26)14-21(23)28/h4-14H,15H2,1-3H3/q+1. The molecule has 0 aliphatic carbocycles. The maximum atomic E-state index is 13.8. The summed E-state index contributed by atoms with van der Waals surface area (Å²) in [4.78, 5) is 17.7. The zero-order chi connectivity index (χ0) is 21.0. The van der Waals surface area contributed by atoms with Crippen molar-refractivity contribution in [1.29, 1.82) is 0 Å². The number of amides is 1. The minimum atomic E-state index is -0.103. The van der Waals surface area contributed by atoms with Crippen molar-refractivity contribution in [2.75, 3.05) is 11.4 Å². The topological polar surface area (TPSA) is 23.3 Å². The highest BCUT2D eigenvalue weighted by atomic mass is 35.5. The molecule has 1 amide bonds. The van der Waals surface area contributed by atoms with Gasteiger partial charge in [0.1, 0.15) is 0 Å². The maximum Gasteiger partial charge on any atom is 0.297 e. The number of carbonyl (C=O) groups excluding carboxylic acids is 1. The van der Waals surface area contributed by atoms with Crippen LogP contribution in [0.15, 0.2) is 76.5 Å². The highest BCUT2D eigenvalue weighted by Crippen LogP contribution is 2.49. The molecular weight excluding hydrogens is 412 g/mol. The molecule has 30 heavy (non-hydrogen) atoms. The third kappa shape index (κ3) is 2.90. The van der Waals surface area contributed by atoms with Gasteiger partial charge in [-0.3, -0.25) is 9.69 Å². The Morgan fingerprint density at radius 1 is 1.00 bits per heavy atom. The Hall–Kier alpha value is -2.56. The first-order valence-corrected chi connectivity index (χ1v) is 11.2. The molecule has 3 nitrogen and oxygen atoms in total. The third-order valence-corrected chi connectivity index (χ3v) is 7.57. The molecule has 5 heteroatoms. The zero-order valence-corrected chi connectivity index (χ0v) is 18.7. The van der Waals surface area contributed by atoms with Gasteiger partial charge in [-0.2, -0.15) is 4.58 Å². The van der Waals surface area contributed by atoms with Gasteiger partial charge < -0.3 is 0 Å². The average molecular weight is 434 g/mol. The molecule has 0 bridgehead atoms. The van der Waals surface area contributed by atoms with Crippen LogP contribution in [0.5, 0.6) is 0 Å². The molecule has 2 aliphatic heterocycles. The van der Waals surface area contributed by atoms with Crippen molar-refractivity contribution in [2.24, 2.45) is 0 Å². The second-order valence-corrected chi connectivity index (χ2v) is 9.74. The van der Waals surface area contributed by atoms with E-state index in [1.54, 1.807) is 11.8 Å². The summed E-state index contributed by atoms with van der Waals surface area (Å²) in [5, 5.41) is 0.627. The van der Waals surface area contributed by atoms with Crippen LogP contribution in [0.1, 0.15) is 26.3 Å². The van der Waals surface area contributed by atoms with E-state index in [1.165, 1.54) is 11.3 Å². The van der Waals surface area contributed by atoms with Crippen LogP contribution in [0.4, 0.5) is 17.1 Å². The fraction of sp³-hybridized carbons (Fsp3) is 0.200. The minimum Gasteiger partial charge on any atom is -0.273 e. The molecule has 0 fully saturated rings. The molecule has 0 aromatic heterocycles. The van der Waals surface area contributed by atoms with Gasteiger partial charge in [0.2, 0.25) is 12.2 Å². The maximum absolute atomic E-state index is 13.8. The zero-order valence-electron chi connectivity index (χ0n) is 17.1. The summed E-state index contributed by atoms with van der Waals surface area (Å²) < 4.78 is 2.16. The minimum absolute atomic E-state index is 0.0260. The summed E-state index contributed by atoms with van der Waals surface area (Å²) in [6.07, 6.45) is 0. The van der Waals surface area contributed by atoms with Gasteiger partial charge in [-0.1, -0.05) is 53.7 Å². The summed E-state index contributed by atoms with van der Waals surface area (Å²) in [5.41, 5.74) is 5.20. The summed E-state index contributed by atoms with van der Waals surface area (Å²) in [6, 6.07) is 22.2. The first kappa shape index (κ1) is 19.4. The number of nitrogens with zero attached hydrogens (tertiary/aromatic N) is 2. The lowest BCUT2D eigenvalue weighted by molar-refractivity contribution is -0.426. The van der Waals surface area contributed by atoms with Gasteiger partial charge in [0.15, 0.2) is 5.71 Å². The van der Waals surface area contributed by atoms with Crippen LogP contribution in [0, 0.1) is 0 Å². The molecule has 0 N–H and O–H groups in total. The lowest BCUT2D eigenvalue weighted by atomic mass is 9.82. The van der Waals surface area contributed by atoms with Crippen LogP contribution in [-0.2, 0) is 10.2 Å². The van der Waals surface area contributed by atoms with Gasteiger partial charge in [-0.05, 0) is 44.2 Å². The Morgan fingerprint density at radius 2 is 1.70 bits per heavy atom. The molecule has 3 aromatic carbocycles. The second-order valence-electron chi connectivity index (χ2n) is 8.22. The normalized spacial score (nSPS) is 16.2. The molecule has 0 atom stereocenters. The molecule has 0 radical (unpaired) electrons. The summed E-state index contributed by atoms with van der Waals surface area (Å²) in [5.74, 6) is 0.0260. The van der Waals surface area contributed by atoms with Crippen molar-refractivity contribution in [3.05, 3.63) is 77.3 Å². The van der Waals surface area contributed by atoms with E-state index in [2.05, 4.69) is 49.6 Å². The number of carbonyl (C=O) groups is 1. The second kappa shape index (κ2) is 7.00. The van der Waals surface area contributed by atoms with Gasteiger partial charge in [0.25, 0.3) is 5.91 Å². The van der Waals surface area contributed by atoms with E-state index in [1.807, 2.05) is 47.4 Å². The van der Waals surface area contributed by atoms with E-state index in [-0.39, 0.29) is 17.9 Å². The fourth-order valence-corrected chi connectivity index (χ4v) is 5.56. The Morgan fingerprint density at radius 3 is 2.53 bits per heavy atom. The van der Waals surface area contributed by atoms with Gasteiger partial charge in [0, 0.05) is 33.4 Å². The number of anilines is 2. The van der Waals surface area contributed by atoms with E-state index < -0.39 is 0 Å². The highest BCUT2D eigenvalue weighted by molar-refractivity contribution is 7.99.